The van der Waals surface area contributed by atoms with Gasteiger partial charge < -0.3 is 24.4 Å². The maximum atomic E-state index is 13.0. The number of benzene rings is 2. The van der Waals surface area contributed by atoms with E-state index < -0.39 is 0 Å². The molecule has 0 saturated carbocycles. The fourth-order valence-corrected chi connectivity index (χ4v) is 4.29. The number of anilines is 1. The molecule has 0 radical (unpaired) electrons. The second kappa shape index (κ2) is 9.48. The number of amides is 2. The molecule has 2 heterocycles. The molecule has 1 saturated heterocycles. The minimum absolute atomic E-state index is 0.0276. The predicted octanol–water partition coefficient (Wildman–Crippen LogP) is 2.56. The minimum Gasteiger partial charge on any atom is -0.493 e. The minimum atomic E-state index is 0.0276. The molecule has 0 spiro atoms. The van der Waals surface area contributed by atoms with Gasteiger partial charge in [0, 0.05) is 50.4 Å². The molecule has 1 N–H and O–H groups in total. The molecule has 0 atom stereocenters. The Morgan fingerprint density at radius 2 is 1.62 bits per heavy atom. The number of piperazine rings is 1. The lowest BCUT2D eigenvalue weighted by molar-refractivity contribution is -0.116. The fourth-order valence-electron chi connectivity index (χ4n) is 4.29. The summed E-state index contributed by atoms with van der Waals surface area (Å²) in [5.74, 6) is 1.93. The smallest absolute Gasteiger partial charge is 0.253 e. The summed E-state index contributed by atoms with van der Waals surface area (Å²) in [7, 11) is 4.81. The van der Waals surface area contributed by atoms with E-state index in [1.54, 1.807) is 27.4 Å². The number of nitrogens with one attached hydrogen (secondary N) is 1. The molecule has 4 rings (SSSR count). The quantitative estimate of drug-likeness (QED) is 0.745. The molecule has 2 aromatic rings. The highest BCUT2D eigenvalue weighted by Gasteiger charge is 2.24. The van der Waals surface area contributed by atoms with Crippen molar-refractivity contribution in [2.45, 2.75) is 19.4 Å². The van der Waals surface area contributed by atoms with E-state index in [0.29, 0.717) is 48.7 Å². The van der Waals surface area contributed by atoms with Crippen LogP contribution in [0.1, 0.15) is 27.9 Å². The zero-order valence-electron chi connectivity index (χ0n) is 18.8. The molecule has 8 heteroatoms. The van der Waals surface area contributed by atoms with Gasteiger partial charge in [-0.25, -0.2) is 0 Å². The summed E-state index contributed by atoms with van der Waals surface area (Å²) < 4.78 is 16.3. The van der Waals surface area contributed by atoms with E-state index in [-0.39, 0.29) is 11.8 Å². The Labute approximate surface area is 188 Å². The van der Waals surface area contributed by atoms with Crippen molar-refractivity contribution in [3.63, 3.8) is 0 Å². The lowest BCUT2D eigenvalue weighted by atomic mass is 10.00. The second-order valence-electron chi connectivity index (χ2n) is 8.02. The first-order chi connectivity index (χ1) is 15.5. The van der Waals surface area contributed by atoms with Gasteiger partial charge in [-0.1, -0.05) is 0 Å². The van der Waals surface area contributed by atoms with Crippen LogP contribution in [-0.4, -0.2) is 69.1 Å². The van der Waals surface area contributed by atoms with Crippen LogP contribution in [0.3, 0.4) is 0 Å². The number of hydrogen-bond acceptors (Lipinski definition) is 6. The average Bonchev–Trinajstić information content (AvgIpc) is 2.83. The van der Waals surface area contributed by atoms with Crippen LogP contribution in [0, 0.1) is 0 Å². The Morgan fingerprint density at radius 3 is 2.25 bits per heavy atom. The van der Waals surface area contributed by atoms with Crippen molar-refractivity contribution in [2.24, 2.45) is 0 Å². The number of nitrogens with zero attached hydrogens (tertiary/aromatic N) is 2. The molecule has 170 valence electrons. The van der Waals surface area contributed by atoms with Gasteiger partial charge in [0.05, 0.1) is 21.3 Å². The molecule has 1 fully saturated rings. The van der Waals surface area contributed by atoms with Crippen LogP contribution in [0.15, 0.2) is 30.3 Å². The Bertz CT molecular complexity index is 990. The summed E-state index contributed by atoms with van der Waals surface area (Å²) in [6, 6.07) is 9.48. The Morgan fingerprint density at radius 1 is 0.938 bits per heavy atom. The summed E-state index contributed by atoms with van der Waals surface area (Å²) in [6.45, 7) is 3.62. The van der Waals surface area contributed by atoms with Crippen LogP contribution in [0.4, 0.5) is 5.69 Å². The maximum Gasteiger partial charge on any atom is 0.253 e. The van der Waals surface area contributed by atoms with Crippen LogP contribution < -0.4 is 19.5 Å². The number of carbonyl (C=O) groups excluding carboxylic acids is 2. The van der Waals surface area contributed by atoms with Gasteiger partial charge in [-0.15, -0.1) is 0 Å². The summed E-state index contributed by atoms with van der Waals surface area (Å²) >= 11 is 0. The highest BCUT2D eigenvalue weighted by molar-refractivity contribution is 5.98. The highest BCUT2D eigenvalue weighted by atomic mass is 16.5. The van der Waals surface area contributed by atoms with Crippen molar-refractivity contribution >= 4 is 17.5 Å². The Hall–Kier alpha value is -3.26. The van der Waals surface area contributed by atoms with Gasteiger partial charge in [0.1, 0.15) is 0 Å². The summed E-state index contributed by atoms with van der Waals surface area (Å²) in [5.41, 5.74) is 3.58. The van der Waals surface area contributed by atoms with E-state index in [1.807, 2.05) is 29.2 Å². The molecule has 2 amide bonds. The van der Waals surface area contributed by atoms with Crippen molar-refractivity contribution < 1.29 is 23.8 Å². The molecular weight excluding hydrogens is 410 g/mol. The number of methoxy groups -OCH3 is 3. The van der Waals surface area contributed by atoms with Crippen molar-refractivity contribution in [1.82, 2.24) is 9.80 Å². The second-order valence-corrected chi connectivity index (χ2v) is 8.02. The Kier molecular flexibility index (Phi) is 6.50. The number of rotatable bonds is 6. The molecule has 2 aliphatic heterocycles. The topological polar surface area (TPSA) is 80.3 Å². The van der Waals surface area contributed by atoms with Crippen LogP contribution in [0.5, 0.6) is 17.2 Å². The normalized spacial score (nSPS) is 16.2. The molecule has 32 heavy (non-hydrogen) atoms. The molecule has 8 nitrogen and oxygen atoms in total. The molecule has 0 aliphatic carbocycles. The van der Waals surface area contributed by atoms with E-state index in [1.165, 1.54) is 0 Å². The third kappa shape index (κ3) is 4.50. The predicted molar refractivity (Wildman–Crippen MR) is 121 cm³/mol. The van der Waals surface area contributed by atoms with Gasteiger partial charge in [-0.3, -0.25) is 14.5 Å². The lowest BCUT2D eigenvalue weighted by Gasteiger charge is -2.35. The SMILES string of the molecule is COc1cc(CN2CCN(C(=O)c3ccc4c(c3)CCC(=O)N4)CC2)cc(OC)c1OC. The van der Waals surface area contributed by atoms with E-state index in [2.05, 4.69) is 10.2 Å². The third-order valence-corrected chi connectivity index (χ3v) is 6.04. The van der Waals surface area contributed by atoms with E-state index >= 15 is 0 Å². The highest BCUT2D eigenvalue weighted by Crippen LogP contribution is 2.38. The molecule has 0 unspecified atom stereocenters. The zero-order valence-corrected chi connectivity index (χ0v) is 18.8. The summed E-state index contributed by atoms with van der Waals surface area (Å²) in [5, 5.41) is 2.86. The van der Waals surface area contributed by atoms with Gasteiger partial charge in [0.2, 0.25) is 11.7 Å². The van der Waals surface area contributed by atoms with Gasteiger partial charge in [0.15, 0.2) is 11.5 Å². The van der Waals surface area contributed by atoms with Crippen LogP contribution >= 0.6 is 0 Å². The average molecular weight is 440 g/mol. The van der Waals surface area contributed by atoms with Crippen molar-refractivity contribution in [1.29, 1.82) is 0 Å². The van der Waals surface area contributed by atoms with Crippen molar-refractivity contribution in [3.8, 4) is 17.2 Å². The van der Waals surface area contributed by atoms with E-state index in [0.717, 1.165) is 36.4 Å². The first-order valence-corrected chi connectivity index (χ1v) is 10.8. The molecule has 2 aromatic carbocycles. The van der Waals surface area contributed by atoms with Gasteiger partial charge in [0.25, 0.3) is 5.91 Å². The summed E-state index contributed by atoms with van der Waals surface area (Å²) in [4.78, 5) is 28.8. The molecule has 0 aromatic heterocycles. The molecule has 2 aliphatic rings. The largest absolute Gasteiger partial charge is 0.493 e. The standard InChI is InChI=1S/C24H29N3O5/c1-30-20-12-16(13-21(31-2)23(20)32-3)15-26-8-10-27(11-9-26)24(29)18-4-6-19-17(14-18)5-7-22(28)25-19/h4,6,12-14H,5,7-11,15H2,1-3H3,(H,25,28). The van der Waals surface area contributed by atoms with E-state index in [4.69, 9.17) is 14.2 Å². The number of hydrogen-bond donors (Lipinski definition) is 1. The monoisotopic (exact) mass is 439 g/mol. The summed E-state index contributed by atoms with van der Waals surface area (Å²) in [6.07, 6.45) is 1.13. The van der Waals surface area contributed by atoms with Crippen LogP contribution in [0.25, 0.3) is 0 Å². The maximum absolute atomic E-state index is 13.0. The van der Waals surface area contributed by atoms with Gasteiger partial charge in [-0.2, -0.15) is 0 Å². The van der Waals surface area contributed by atoms with Crippen molar-refractivity contribution in [2.75, 3.05) is 52.8 Å². The van der Waals surface area contributed by atoms with Crippen LogP contribution in [0.2, 0.25) is 0 Å². The first kappa shape index (κ1) is 22.0. The van der Waals surface area contributed by atoms with Gasteiger partial charge in [-0.05, 0) is 47.9 Å². The number of ether oxygens (including phenoxy) is 3. The van der Waals surface area contributed by atoms with E-state index in [9.17, 15) is 9.59 Å². The molecule has 0 bridgehead atoms. The zero-order chi connectivity index (χ0) is 22.7. The first-order valence-electron chi connectivity index (χ1n) is 10.8. The fraction of sp³-hybridized carbons (Fsp3) is 0.417. The van der Waals surface area contributed by atoms with Crippen LogP contribution in [-0.2, 0) is 17.8 Å². The number of carbonyl (C=O) groups is 2. The lowest BCUT2D eigenvalue weighted by Crippen LogP contribution is -2.48. The molecular formula is C24H29N3O5. The number of aryl methyl sites for hydroxylation is 1. The van der Waals surface area contributed by atoms with Gasteiger partial charge >= 0.3 is 0 Å². The Balaban J connectivity index is 1.38. The third-order valence-electron chi connectivity index (χ3n) is 6.04. The van der Waals surface area contributed by atoms with Crippen molar-refractivity contribution in [3.05, 3.63) is 47.0 Å². The number of fused-ring (bicyclic) bond motifs is 1.